The molecule has 4 aliphatic rings. The monoisotopic (exact) mass is 450 g/mol. The van der Waals surface area contributed by atoms with Gasteiger partial charge in [0, 0.05) is 18.3 Å². The third-order valence-electron chi connectivity index (χ3n) is 9.14. The van der Waals surface area contributed by atoms with Crippen molar-refractivity contribution in [2.75, 3.05) is 0 Å². The molecule has 11 nitrogen and oxygen atoms in total. The molecule has 14 unspecified atom stereocenters. The third-order valence-corrected chi connectivity index (χ3v) is 9.14. The van der Waals surface area contributed by atoms with Gasteiger partial charge in [0.1, 0.15) is 22.9 Å². The molecule has 0 amide bonds. The minimum absolute atomic E-state index is 0.385. The fourth-order valence-corrected chi connectivity index (χ4v) is 7.49. The fourth-order valence-electron chi connectivity index (χ4n) is 7.49. The Labute approximate surface area is 178 Å². The molecule has 0 heterocycles. The van der Waals surface area contributed by atoms with Crippen molar-refractivity contribution in [3.05, 3.63) is 0 Å². The van der Waals surface area contributed by atoms with Crippen LogP contribution in [0.15, 0.2) is 0 Å². The number of hydrogen-bond donors (Lipinski definition) is 11. The predicted molar refractivity (Wildman–Crippen MR) is 101 cm³/mol. The van der Waals surface area contributed by atoms with Gasteiger partial charge in [0.05, 0.1) is 36.4 Å². The molecule has 4 fully saturated rings. The lowest BCUT2D eigenvalue weighted by molar-refractivity contribution is -0.408. The lowest BCUT2D eigenvalue weighted by Gasteiger charge is -2.70. The van der Waals surface area contributed by atoms with Crippen molar-refractivity contribution in [1.82, 2.24) is 0 Å². The Hall–Kier alpha value is -0.440. The number of aliphatic hydroxyl groups excluding tert-OH is 7. The Morgan fingerprint density at radius 2 is 1.45 bits per heavy atom. The molecule has 0 radical (unpaired) electrons. The minimum Gasteiger partial charge on any atom is -0.393 e. The summed E-state index contributed by atoms with van der Waals surface area (Å²) < 4.78 is 0. The minimum atomic E-state index is -3.02. The van der Waals surface area contributed by atoms with Crippen molar-refractivity contribution in [3.63, 3.8) is 0 Å². The predicted octanol–water partition coefficient (Wildman–Crippen LogP) is -4.63. The largest absolute Gasteiger partial charge is 0.393 e. The van der Waals surface area contributed by atoms with E-state index in [1.54, 1.807) is 6.92 Å². The molecule has 0 spiro atoms. The summed E-state index contributed by atoms with van der Waals surface area (Å²) >= 11 is 0. The Morgan fingerprint density at radius 3 is 2.03 bits per heavy atom. The summed E-state index contributed by atoms with van der Waals surface area (Å²) in [7, 11) is 0. The van der Waals surface area contributed by atoms with Crippen LogP contribution in [0.3, 0.4) is 0 Å². The normalized spacial score (nSPS) is 62.0. The van der Waals surface area contributed by atoms with Gasteiger partial charge in [-0.25, -0.2) is 0 Å². The van der Waals surface area contributed by atoms with Crippen molar-refractivity contribution in [3.8, 4) is 0 Å². The number of rotatable bonds is 1. The third kappa shape index (κ3) is 2.68. The van der Waals surface area contributed by atoms with E-state index in [1.165, 1.54) is 0 Å². The van der Waals surface area contributed by atoms with Crippen LogP contribution in [-0.4, -0.2) is 116 Å². The van der Waals surface area contributed by atoms with Crippen molar-refractivity contribution >= 4 is 0 Å². The molecule has 0 aromatic heterocycles. The Balaban J connectivity index is 1.87. The molecule has 0 aromatic carbocycles. The highest BCUT2D eigenvalue weighted by Crippen LogP contribution is 2.62. The Morgan fingerprint density at radius 1 is 0.839 bits per heavy atom. The molecule has 31 heavy (non-hydrogen) atoms. The van der Waals surface area contributed by atoms with E-state index < -0.39 is 95.7 Å². The lowest BCUT2D eigenvalue weighted by Crippen LogP contribution is -2.89. The van der Waals surface area contributed by atoms with Crippen molar-refractivity contribution < 1.29 is 56.2 Å². The van der Waals surface area contributed by atoms with Crippen molar-refractivity contribution in [2.45, 2.75) is 92.3 Å². The molecule has 0 aromatic rings. The summed E-state index contributed by atoms with van der Waals surface area (Å²) in [4.78, 5) is 0. The van der Waals surface area contributed by atoms with Crippen LogP contribution < -0.4 is 0 Å². The van der Waals surface area contributed by atoms with E-state index in [1.807, 2.05) is 0 Å². The molecule has 14 atom stereocenters. The SMILES string of the molecule is CC1C2CCCC(O)C2C(O)C2C(O)C3(O)C(O)C(C(O)O)C(O)CC3(O)C(O)C12O. The summed E-state index contributed by atoms with van der Waals surface area (Å²) in [6.07, 6.45) is -12.8. The molecule has 0 aliphatic heterocycles. The van der Waals surface area contributed by atoms with Crippen LogP contribution in [0.5, 0.6) is 0 Å². The highest BCUT2D eigenvalue weighted by atomic mass is 16.5. The summed E-state index contributed by atoms with van der Waals surface area (Å²) in [6, 6.07) is 0. The second-order valence-electron chi connectivity index (χ2n) is 10.2. The quantitative estimate of drug-likeness (QED) is 0.170. The van der Waals surface area contributed by atoms with E-state index in [-0.39, 0.29) is 0 Å². The van der Waals surface area contributed by atoms with Crippen LogP contribution in [-0.2, 0) is 0 Å². The smallest absolute Gasteiger partial charge is 0.159 e. The van der Waals surface area contributed by atoms with Crippen LogP contribution in [0, 0.1) is 29.6 Å². The van der Waals surface area contributed by atoms with E-state index in [0.717, 1.165) is 0 Å². The summed E-state index contributed by atoms with van der Waals surface area (Å²) in [5, 5.41) is 119. The lowest BCUT2D eigenvalue weighted by atomic mass is 9.42. The van der Waals surface area contributed by atoms with E-state index in [0.29, 0.717) is 19.3 Å². The van der Waals surface area contributed by atoms with Crippen LogP contribution in [0.4, 0.5) is 0 Å². The van der Waals surface area contributed by atoms with Crippen molar-refractivity contribution in [1.29, 1.82) is 0 Å². The van der Waals surface area contributed by atoms with Gasteiger partial charge in [-0.1, -0.05) is 13.3 Å². The average molecular weight is 450 g/mol. The zero-order chi connectivity index (χ0) is 23.3. The maximum atomic E-state index is 11.7. The second kappa shape index (κ2) is 7.28. The molecule has 11 heteroatoms. The van der Waals surface area contributed by atoms with Gasteiger partial charge in [-0.3, -0.25) is 0 Å². The molecule has 4 saturated carbocycles. The summed E-state index contributed by atoms with van der Waals surface area (Å²) in [5.74, 6) is -5.56. The first kappa shape index (κ1) is 23.7. The summed E-state index contributed by atoms with van der Waals surface area (Å²) in [6.45, 7) is 1.56. The summed E-state index contributed by atoms with van der Waals surface area (Å²) in [5.41, 5.74) is -8.19. The van der Waals surface area contributed by atoms with Gasteiger partial charge in [0.2, 0.25) is 0 Å². The first-order chi connectivity index (χ1) is 14.3. The van der Waals surface area contributed by atoms with E-state index >= 15 is 0 Å². The maximum Gasteiger partial charge on any atom is 0.159 e. The fraction of sp³-hybridized carbons (Fsp3) is 1.00. The molecule has 11 N–H and O–H groups in total. The van der Waals surface area contributed by atoms with E-state index in [4.69, 9.17) is 0 Å². The second-order valence-corrected chi connectivity index (χ2v) is 10.2. The van der Waals surface area contributed by atoms with Gasteiger partial charge in [-0.15, -0.1) is 0 Å². The average Bonchev–Trinajstić information content (AvgIpc) is 2.68. The zero-order valence-electron chi connectivity index (χ0n) is 17.2. The zero-order valence-corrected chi connectivity index (χ0v) is 17.2. The Kier molecular flexibility index (Phi) is 5.57. The van der Waals surface area contributed by atoms with Gasteiger partial charge in [-0.2, -0.15) is 0 Å². The molecule has 0 bridgehead atoms. The van der Waals surface area contributed by atoms with Crippen LogP contribution in [0.1, 0.15) is 32.6 Å². The standard InChI is InChI=1S/C20H34O11/c1-6-7-3-2-4-8(21)10(7)13(23)12-15(25)20(31)14(24)11(16(26)27)9(22)5-18(20,29)17(28)19(6,12)30/h6-17,21-31H,2-5H2,1H3. The van der Waals surface area contributed by atoms with Gasteiger partial charge in [-0.05, 0) is 24.7 Å². The number of hydrogen-bond acceptors (Lipinski definition) is 11. The molecule has 4 aliphatic carbocycles. The van der Waals surface area contributed by atoms with Crippen LogP contribution in [0.25, 0.3) is 0 Å². The van der Waals surface area contributed by atoms with Crippen LogP contribution in [0.2, 0.25) is 0 Å². The van der Waals surface area contributed by atoms with E-state index in [2.05, 4.69) is 0 Å². The first-order valence-electron chi connectivity index (χ1n) is 10.9. The van der Waals surface area contributed by atoms with E-state index in [9.17, 15) is 56.2 Å². The van der Waals surface area contributed by atoms with Gasteiger partial charge in [0.25, 0.3) is 0 Å². The van der Waals surface area contributed by atoms with Gasteiger partial charge >= 0.3 is 0 Å². The van der Waals surface area contributed by atoms with Crippen molar-refractivity contribution in [2.24, 2.45) is 29.6 Å². The maximum absolute atomic E-state index is 11.7. The highest BCUT2D eigenvalue weighted by molar-refractivity contribution is 5.30. The Bertz CT molecular complexity index is 707. The molecular formula is C20H34O11. The number of aliphatic hydroxyl groups is 11. The van der Waals surface area contributed by atoms with Gasteiger partial charge < -0.3 is 56.2 Å². The number of fused-ring (bicyclic) bond motifs is 3. The van der Waals surface area contributed by atoms with Gasteiger partial charge in [0.15, 0.2) is 6.29 Å². The first-order valence-corrected chi connectivity index (χ1v) is 10.9. The molecule has 180 valence electrons. The molecule has 0 saturated heterocycles. The molecule has 4 rings (SSSR count). The van der Waals surface area contributed by atoms with Crippen LogP contribution >= 0.6 is 0 Å². The topological polar surface area (TPSA) is 223 Å². The highest BCUT2D eigenvalue weighted by Gasteiger charge is 2.80. The molecular weight excluding hydrogens is 416 g/mol.